The smallest absolute Gasteiger partial charge is 0.159 e. The molecule has 1 heterocycles. The van der Waals surface area contributed by atoms with Crippen molar-refractivity contribution >= 4 is 0 Å². The number of ether oxygens (including phenoxy) is 1. The fourth-order valence-electron chi connectivity index (χ4n) is 2.75. The normalized spacial score (nSPS) is 10.7. The molecule has 134 valence electrons. The summed E-state index contributed by atoms with van der Waals surface area (Å²) in [6.07, 6.45) is 8.33. The van der Waals surface area contributed by atoms with E-state index in [2.05, 4.69) is 48.1 Å². The van der Waals surface area contributed by atoms with Crippen molar-refractivity contribution in [2.75, 3.05) is 0 Å². The van der Waals surface area contributed by atoms with E-state index in [0.29, 0.717) is 6.61 Å². The lowest BCUT2D eigenvalue weighted by atomic mass is 10.1. The predicted octanol–water partition coefficient (Wildman–Crippen LogP) is 5.63. The van der Waals surface area contributed by atoms with Crippen LogP contribution in [0.2, 0.25) is 0 Å². The second-order valence-electron chi connectivity index (χ2n) is 6.50. The van der Waals surface area contributed by atoms with Gasteiger partial charge in [0.1, 0.15) is 12.4 Å². The van der Waals surface area contributed by atoms with Gasteiger partial charge in [-0.3, -0.25) is 0 Å². The van der Waals surface area contributed by atoms with Gasteiger partial charge in [-0.15, -0.1) is 0 Å². The molecule has 0 unspecified atom stereocenters. The quantitative estimate of drug-likeness (QED) is 0.530. The summed E-state index contributed by atoms with van der Waals surface area (Å²) in [6, 6.07) is 16.5. The summed E-state index contributed by atoms with van der Waals surface area (Å²) in [4.78, 5) is 8.98. The molecule has 3 nitrogen and oxygen atoms in total. The zero-order valence-electron chi connectivity index (χ0n) is 15.6. The SMILES string of the molecule is CCCCc1cnc(-c2ccc(OCc3ccc(CC)cc3)cc2)nc1. The highest BCUT2D eigenvalue weighted by molar-refractivity contribution is 5.55. The monoisotopic (exact) mass is 346 g/mol. The number of rotatable bonds is 8. The summed E-state index contributed by atoms with van der Waals surface area (Å²) >= 11 is 0. The molecule has 1 aromatic heterocycles. The molecule has 0 aliphatic carbocycles. The van der Waals surface area contributed by atoms with E-state index in [0.717, 1.165) is 30.0 Å². The van der Waals surface area contributed by atoms with Crippen molar-refractivity contribution in [1.29, 1.82) is 0 Å². The van der Waals surface area contributed by atoms with Crippen molar-refractivity contribution in [1.82, 2.24) is 9.97 Å². The van der Waals surface area contributed by atoms with Crippen LogP contribution < -0.4 is 4.74 Å². The lowest BCUT2D eigenvalue weighted by Crippen LogP contribution is -1.96. The summed E-state index contributed by atoms with van der Waals surface area (Å²) in [5.41, 5.74) is 4.73. The van der Waals surface area contributed by atoms with Crippen LogP contribution in [0.25, 0.3) is 11.4 Å². The number of benzene rings is 2. The molecule has 0 atom stereocenters. The van der Waals surface area contributed by atoms with Crippen LogP contribution in [0, 0.1) is 0 Å². The van der Waals surface area contributed by atoms with Gasteiger partial charge < -0.3 is 4.74 Å². The zero-order valence-corrected chi connectivity index (χ0v) is 15.6. The Kier molecular flexibility index (Phi) is 6.37. The van der Waals surface area contributed by atoms with Crippen LogP contribution in [0.5, 0.6) is 5.75 Å². The summed E-state index contributed by atoms with van der Waals surface area (Å²) in [6.45, 7) is 4.93. The van der Waals surface area contributed by atoms with Gasteiger partial charge in [0.25, 0.3) is 0 Å². The molecule has 0 radical (unpaired) electrons. The molecule has 26 heavy (non-hydrogen) atoms. The van der Waals surface area contributed by atoms with Crippen LogP contribution in [0.15, 0.2) is 60.9 Å². The molecular formula is C23H26N2O. The van der Waals surface area contributed by atoms with Crippen molar-refractivity contribution in [2.24, 2.45) is 0 Å². The first-order valence-electron chi connectivity index (χ1n) is 9.40. The maximum Gasteiger partial charge on any atom is 0.159 e. The van der Waals surface area contributed by atoms with Gasteiger partial charge in [0, 0.05) is 18.0 Å². The lowest BCUT2D eigenvalue weighted by Gasteiger charge is -2.08. The average molecular weight is 346 g/mol. The molecule has 3 rings (SSSR count). The Morgan fingerprint density at radius 1 is 0.769 bits per heavy atom. The van der Waals surface area contributed by atoms with Crippen molar-refractivity contribution in [2.45, 2.75) is 46.1 Å². The molecule has 0 aliphatic heterocycles. The molecule has 0 bridgehead atoms. The minimum atomic E-state index is 0.575. The van der Waals surface area contributed by atoms with E-state index in [1.54, 1.807) is 0 Å². The maximum atomic E-state index is 5.88. The Bertz CT molecular complexity index is 793. The molecule has 0 amide bonds. The minimum absolute atomic E-state index is 0.575. The molecule has 0 saturated heterocycles. The number of unbranched alkanes of at least 4 members (excludes halogenated alkanes) is 1. The minimum Gasteiger partial charge on any atom is -0.489 e. The number of aromatic nitrogens is 2. The summed E-state index contributed by atoms with van der Waals surface area (Å²) < 4.78 is 5.88. The van der Waals surface area contributed by atoms with Gasteiger partial charge in [-0.25, -0.2) is 9.97 Å². The molecule has 0 N–H and O–H groups in total. The first-order valence-corrected chi connectivity index (χ1v) is 9.40. The molecule has 3 aromatic rings. The molecule has 0 fully saturated rings. The Hall–Kier alpha value is -2.68. The molecular weight excluding hydrogens is 320 g/mol. The Balaban J connectivity index is 1.58. The van der Waals surface area contributed by atoms with Crippen LogP contribution in [0.1, 0.15) is 43.4 Å². The van der Waals surface area contributed by atoms with Crippen molar-refractivity contribution in [3.05, 3.63) is 77.6 Å². The third-order valence-corrected chi connectivity index (χ3v) is 4.47. The van der Waals surface area contributed by atoms with E-state index < -0.39 is 0 Å². The highest BCUT2D eigenvalue weighted by atomic mass is 16.5. The summed E-state index contributed by atoms with van der Waals surface area (Å²) in [5.74, 6) is 1.61. The fourth-order valence-corrected chi connectivity index (χ4v) is 2.75. The van der Waals surface area contributed by atoms with Crippen LogP contribution >= 0.6 is 0 Å². The van der Waals surface area contributed by atoms with E-state index in [1.165, 1.54) is 29.5 Å². The van der Waals surface area contributed by atoms with Crippen LogP contribution in [-0.4, -0.2) is 9.97 Å². The van der Waals surface area contributed by atoms with Gasteiger partial charge in [0.2, 0.25) is 0 Å². The number of nitrogens with zero attached hydrogens (tertiary/aromatic N) is 2. The predicted molar refractivity (Wildman–Crippen MR) is 106 cm³/mol. The number of hydrogen-bond acceptors (Lipinski definition) is 3. The van der Waals surface area contributed by atoms with Crippen LogP contribution in [0.3, 0.4) is 0 Å². The van der Waals surface area contributed by atoms with Gasteiger partial charge in [0.05, 0.1) is 0 Å². The van der Waals surface area contributed by atoms with E-state index in [9.17, 15) is 0 Å². The third kappa shape index (κ3) is 4.92. The summed E-state index contributed by atoms with van der Waals surface area (Å²) in [7, 11) is 0. The van der Waals surface area contributed by atoms with Crippen LogP contribution in [-0.2, 0) is 19.4 Å². The molecule has 2 aromatic carbocycles. The number of hydrogen-bond donors (Lipinski definition) is 0. The van der Waals surface area contributed by atoms with Gasteiger partial charge in [-0.05, 0) is 60.2 Å². The molecule has 0 spiro atoms. The second kappa shape index (κ2) is 9.14. The van der Waals surface area contributed by atoms with E-state index in [1.807, 2.05) is 36.7 Å². The first-order chi connectivity index (χ1) is 12.8. The van der Waals surface area contributed by atoms with E-state index >= 15 is 0 Å². The molecule has 0 saturated carbocycles. The van der Waals surface area contributed by atoms with Crippen LogP contribution in [0.4, 0.5) is 0 Å². The van der Waals surface area contributed by atoms with Gasteiger partial charge >= 0.3 is 0 Å². The topological polar surface area (TPSA) is 35.0 Å². The zero-order chi connectivity index (χ0) is 18.2. The second-order valence-corrected chi connectivity index (χ2v) is 6.50. The Labute approximate surface area is 156 Å². The highest BCUT2D eigenvalue weighted by Crippen LogP contribution is 2.20. The maximum absolute atomic E-state index is 5.88. The fraction of sp³-hybridized carbons (Fsp3) is 0.304. The standard InChI is InChI=1S/C23H26N2O/c1-3-5-6-20-15-24-23(25-16-20)21-11-13-22(14-12-21)26-17-19-9-7-18(4-2)8-10-19/h7-16H,3-6,17H2,1-2H3. The third-order valence-electron chi connectivity index (χ3n) is 4.47. The van der Waals surface area contributed by atoms with Crippen molar-refractivity contribution in [3.63, 3.8) is 0 Å². The molecule has 0 aliphatic rings. The first kappa shape index (κ1) is 18.1. The Morgan fingerprint density at radius 2 is 1.42 bits per heavy atom. The van der Waals surface area contributed by atoms with Gasteiger partial charge in [0.15, 0.2) is 5.82 Å². The highest BCUT2D eigenvalue weighted by Gasteiger charge is 2.03. The van der Waals surface area contributed by atoms with Gasteiger partial charge in [-0.2, -0.15) is 0 Å². The van der Waals surface area contributed by atoms with Crippen molar-refractivity contribution in [3.8, 4) is 17.1 Å². The lowest BCUT2D eigenvalue weighted by molar-refractivity contribution is 0.306. The van der Waals surface area contributed by atoms with E-state index in [-0.39, 0.29) is 0 Å². The number of aryl methyl sites for hydroxylation is 2. The largest absolute Gasteiger partial charge is 0.489 e. The summed E-state index contributed by atoms with van der Waals surface area (Å²) in [5, 5.41) is 0. The van der Waals surface area contributed by atoms with E-state index in [4.69, 9.17) is 4.74 Å². The molecule has 3 heteroatoms. The van der Waals surface area contributed by atoms with Gasteiger partial charge in [-0.1, -0.05) is 44.5 Å². The van der Waals surface area contributed by atoms with Crippen molar-refractivity contribution < 1.29 is 4.74 Å². The average Bonchev–Trinajstić information content (AvgIpc) is 2.72. The Morgan fingerprint density at radius 3 is 2.04 bits per heavy atom.